The zero-order valence-corrected chi connectivity index (χ0v) is 18.8. The first-order valence-electron chi connectivity index (χ1n) is 12.3. The molecule has 4 aliphatic heterocycles. The monoisotopic (exact) mass is 439 g/mol. The average molecular weight is 440 g/mol. The van der Waals surface area contributed by atoms with Gasteiger partial charge in [-0.15, -0.1) is 0 Å². The molecule has 1 aromatic carbocycles. The fraction of sp³-hybridized carbons (Fsp3) is 0.640. The van der Waals surface area contributed by atoms with Crippen LogP contribution in [0.15, 0.2) is 18.2 Å². The second-order valence-corrected chi connectivity index (χ2v) is 9.58. The number of carbonyl (C=O) groups is 3. The smallest absolute Gasteiger partial charge is 0.263 e. The maximum atomic E-state index is 13.3. The highest BCUT2D eigenvalue weighted by Crippen LogP contribution is 2.35. The van der Waals surface area contributed by atoms with Crippen molar-refractivity contribution in [2.45, 2.75) is 57.5 Å². The number of hydrogen-bond acceptors (Lipinski definition) is 5. The number of imide groups is 1. The number of carbonyl (C=O) groups excluding carboxylic acids is 3. The van der Waals surface area contributed by atoms with Crippen molar-refractivity contribution in [2.75, 3.05) is 44.2 Å². The number of amides is 3. The number of benzene rings is 1. The molecule has 3 fully saturated rings. The van der Waals surface area contributed by atoms with Crippen LogP contribution in [0, 0.1) is 5.92 Å². The average Bonchev–Trinajstić information content (AvgIpc) is 3.30. The van der Waals surface area contributed by atoms with Crippen molar-refractivity contribution in [3.63, 3.8) is 0 Å². The third kappa shape index (κ3) is 4.03. The summed E-state index contributed by atoms with van der Waals surface area (Å²) in [5.41, 5.74) is 1.77. The van der Waals surface area contributed by atoms with Crippen LogP contribution in [-0.2, 0) is 9.53 Å². The van der Waals surface area contributed by atoms with Gasteiger partial charge in [-0.3, -0.25) is 19.3 Å². The summed E-state index contributed by atoms with van der Waals surface area (Å²) in [6.45, 7) is 4.15. The van der Waals surface area contributed by atoms with Crippen LogP contribution in [0.2, 0.25) is 0 Å². The van der Waals surface area contributed by atoms with Gasteiger partial charge in [-0.2, -0.15) is 0 Å². The lowest BCUT2D eigenvalue weighted by molar-refractivity contribution is -0.135. The van der Waals surface area contributed by atoms with Crippen LogP contribution in [0.25, 0.3) is 0 Å². The van der Waals surface area contributed by atoms with Gasteiger partial charge in [0.05, 0.1) is 35.4 Å². The lowest BCUT2D eigenvalue weighted by Gasteiger charge is -2.36. The Morgan fingerprint density at radius 3 is 2.50 bits per heavy atom. The highest BCUT2D eigenvalue weighted by atomic mass is 16.5. The van der Waals surface area contributed by atoms with Crippen molar-refractivity contribution in [1.29, 1.82) is 0 Å². The van der Waals surface area contributed by atoms with Gasteiger partial charge in [-0.25, -0.2) is 0 Å². The third-order valence-electron chi connectivity index (χ3n) is 7.42. The Hall–Kier alpha value is -2.41. The van der Waals surface area contributed by atoms with Crippen LogP contribution in [0.1, 0.15) is 72.1 Å². The SMILES string of the molecule is O=C([C@H]1CCCN(c2cccc3c2C(=O)N(C[C@H]2CCCO2)C3=O)C1)N1CCCCCC1. The largest absolute Gasteiger partial charge is 0.376 e. The Morgan fingerprint density at radius 2 is 1.75 bits per heavy atom. The summed E-state index contributed by atoms with van der Waals surface area (Å²) in [4.78, 5) is 45.1. The maximum absolute atomic E-state index is 13.3. The number of ether oxygens (including phenoxy) is 1. The summed E-state index contributed by atoms with van der Waals surface area (Å²) < 4.78 is 5.67. The molecule has 1 aromatic rings. The van der Waals surface area contributed by atoms with E-state index in [0.717, 1.165) is 63.8 Å². The van der Waals surface area contributed by atoms with Crippen LogP contribution in [0.3, 0.4) is 0 Å². The molecule has 2 atom stereocenters. The van der Waals surface area contributed by atoms with E-state index in [0.29, 0.717) is 30.8 Å². The molecule has 5 rings (SSSR count). The Kier molecular flexibility index (Phi) is 6.17. The molecule has 0 aliphatic carbocycles. The number of hydrogen-bond donors (Lipinski definition) is 0. The summed E-state index contributed by atoms with van der Waals surface area (Å²) >= 11 is 0. The molecule has 0 aromatic heterocycles. The van der Waals surface area contributed by atoms with Crippen molar-refractivity contribution >= 4 is 23.4 Å². The molecule has 7 heteroatoms. The van der Waals surface area contributed by atoms with Gasteiger partial charge in [0.1, 0.15) is 0 Å². The number of nitrogens with zero attached hydrogens (tertiary/aromatic N) is 3. The van der Waals surface area contributed by atoms with E-state index in [2.05, 4.69) is 9.80 Å². The van der Waals surface area contributed by atoms with E-state index in [1.54, 1.807) is 6.07 Å². The first-order valence-corrected chi connectivity index (χ1v) is 12.3. The molecule has 3 amide bonds. The van der Waals surface area contributed by atoms with Gasteiger partial charge in [0.2, 0.25) is 5.91 Å². The third-order valence-corrected chi connectivity index (χ3v) is 7.42. The number of fused-ring (bicyclic) bond motifs is 1. The Balaban J connectivity index is 1.34. The van der Waals surface area contributed by atoms with Gasteiger partial charge in [0.25, 0.3) is 11.8 Å². The summed E-state index contributed by atoms with van der Waals surface area (Å²) in [6.07, 6.45) is 8.17. The topological polar surface area (TPSA) is 70.2 Å². The van der Waals surface area contributed by atoms with Crippen LogP contribution < -0.4 is 4.90 Å². The van der Waals surface area contributed by atoms with E-state index in [4.69, 9.17) is 4.74 Å². The lowest BCUT2D eigenvalue weighted by Crippen LogP contribution is -2.45. The minimum atomic E-state index is -0.225. The van der Waals surface area contributed by atoms with Crippen LogP contribution in [0.4, 0.5) is 5.69 Å². The Morgan fingerprint density at radius 1 is 0.938 bits per heavy atom. The standard InChI is InChI=1S/C25H33N3O4/c29-23(26-12-3-1-2-4-13-26)18-8-6-14-27(16-18)21-11-5-10-20-22(21)25(31)28(24(20)30)17-19-9-7-15-32-19/h5,10-11,18-19H,1-4,6-9,12-17H2/t18-,19+/m0/s1. The molecular formula is C25H33N3O4. The maximum Gasteiger partial charge on any atom is 0.263 e. The molecule has 4 heterocycles. The van der Waals surface area contributed by atoms with Gasteiger partial charge in [-0.1, -0.05) is 18.9 Å². The molecule has 7 nitrogen and oxygen atoms in total. The number of likely N-dealkylation sites (tertiary alicyclic amines) is 1. The highest BCUT2D eigenvalue weighted by Gasteiger charge is 2.41. The summed E-state index contributed by atoms with van der Waals surface area (Å²) in [6, 6.07) is 5.53. The van der Waals surface area contributed by atoms with Crippen molar-refractivity contribution in [1.82, 2.24) is 9.80 Å². The predicted octanol–water partition coefficient (Wildman–Crippen LogP) is 3.08. The van der Waals surface area contributed by atoms with Gasteiger partial charge < -0.3 is 14.5 Å². The van der Waals surface area contributed by atoms with Crippen molar-refractivity contribution in [3.8, 4) is 0 Å². The minimum Gasteiger partial charge on any atom is -0.376 e. The highest BCUT2D eigenvalue weighted by molar-refractivity contribution is 6.23. The predicted molar refractivity (Wildman–Crippen MR) is 121 cm³/mol. The van der Waals surface area contributed by atoms with Gasteiger partial charge >= 0.3 is 0 Å². The van der Waals surface area contributed by atoms with E-state index in [1.165, 1.54) is 17.7 Å². The lowest BCUT2D eigenvalue weighted by atomic mass is 9.94. The molecule has 0 saturated carbocycles. The molecule has 0 radical (unpaired) electrons. The van der Waals surface area contributed by atoms with Crippen LogP contribution in [-0.4, -0.2) is 73.0 Å². The molecule has 172 valence electrons. The van der Waals surface area contributed by atoms with Crippen LogP contribution in [0.5, 0.6) is 0 Å². The molecule has 0 unspecified atom stereocenters. The van der Waals surface area contributed by atoms with Gasteiger partial charge in [-0.05, 0) is 50.7 Å². The minimum absolute atomic E-state index is 0.0482. The number of piperidine rings is 1. The molecule has 3 saturated heterocycles. The van der Waals surface area contributed by atoms with E-state index < -0.39 is 0 Å². The molecule has 0 spiro atoms. The second kappa shape index (κ2) is 9.22. The van der Waals surface area contributed by atoms with E-state index >= 15 is 0 Å². The fourth-order valence-electron chi connectivity index (χ4n) is 5.68. The normalized spacial score (nSPS) is 26.4. The fourth-order valence-corrected chi connectivity index (χ4v) is 5.68. The van der Waals surface area contributed by atoms with Gasteiger partial charge in [0.15, 0.2) is 0 Å². The Labute approximate surface area is 189 Å². The zero-order valence-electron chi connectivity index (χ0n) is 18.8. The van der Waals surface area contributed by atoms with E-state index in [-0.39, 0.29) is 29.7 Å². The first-order chi connectivity index (χ1) is 15.6. The zero-order chi connectivity index (χ0) is 22.1. The molecule has 0 bridgehead atoms. The molecule has 4 aliphatic rings. The Bertz CT molecular complexity index is 887. The van der Waals surface area contributed by atoms with E-state index in [1.807, 2.05) is 12.1 Å². The van der Waals surface area contributed by atoms with Crippen molar-refractivity contribution in [2.24, 2.45) is 5.92 Å². The quantitative estimate of drug-likeness (QED) is 0.675. The number of anilines is 1. The molecule has 0 N–H and O–H groups in total. The summed E-state index contributed by atoms with van der Waals surface area (Å²) in [5.74, 6) is -0.242. The second-order valence-electron chi connectivity index (χ2n) is 9.58. The molecular weight excluding hydrogens is 406 g/mol. The molecule has 32 heavy (non-hydrogen) atoms. The van der Waals surface area contributed by atoms with Gasteiger partial charge in [0, 0.05) is 32.8 Å². The van der Waals surface area contributed by atoms with E-state index in [9.17, 15) is 14.4 Å². The van der Waals surface area contributed by atoms with Crippen molar-refractivity contribution in [3.05, 3.63) is 29.3 Å². The van der Waals surface area contributed by atoms with Crippen molar-refractivity contribution < 1.29 is 19.1 Å². The summed E-state index contributed by atoms with van der Waals surface area (Å²) in [7, 11) is 0. The number of rotatable bonds is 4. The summed E-state index contributed by atoms with van der Waals surface area (Å²) in [5, 5.41) is 0. The first kappa shape index (κ1) is 21.4. The van der Waals surface area contributed by atoms with Crippen LogP contribution >= 0.6 is 0 Å².